The summed E-state index contributed by atoms with van der Waals surface area (Å²) in [5.41, 5.74) is -0.177. The van der Waals surface area contributed by atoms with E-state index in [0.717, 1.165) is 17.2 Å². The molecule has 0 fully saturated rings. The van der Waals surface area contributed by atoms with Crippen LogP contribution in [0.15, 0.2) is 10.6 Å². The van der Waals surface area contributed by atoms with Crippen molar-refractivity contribution >= 4 is 21.7 Å². The number of sulfone groups is 1. The van der Waals surface area contributed by atoms with Gasteiger partial charge < -0.3 is 14.5 Å². The number of amides is 1. The van der Waals surface area contributed by atoms with Crippen LogP contribution in [0.1, 0.15) is 21.0 Å². The third-order valence-electron chi connectivity index (χ3n) is 2.08. The van der Waals surface area contributed by atoms with Crippen molar-refractivity contribution in [2.45, 2.75) is 0 Å². The lowest BCUT2D eigenvalue weighted by Gasteiger charge is -2.14. The van der Waals surface area contributed by atoms with Crippen LogP contribution in [0.25, 0.3) is 0 Å². The highest BCUT2D eigenvalue weighted by Gasteiger charge is 2.20. The van der Waals surface area contributed by atoms with Gasteiger partial charge in [0.25, 0.3) is 5.91 Å². The summed E-state index contributed by atoms with van der Waals surface area (Å²) >= 11 is 0. The van der Waals surface area contributed by atoms with Crippen molar-refractivity contribution in [2.24, 2.45) is 0 Å². The molecule has 1 aromatic heterocycles. The Morgan fingerprint density at radius 1 is 1.50 bits per heavy atom. The molecule has 0 spiro atoms. The van der Waals surface area contributed by atoms with Crippen molar-refractivity contribution < 1.29 is 27.6 Å². The van der Waals surface area contributed by atoms with Crippen LogP contribution in [0.4, 0.5) is 0 Å². The van der Waals surface area contributed by atoms with Gasteiger partial charge in [-0.2, -0.15) is 0 Å². The van der Waals surface area contributed by atoms with Crippen molar-refractivity contribution in [2.75, 3.05) is 25.6 Å². The molecule has 1 aromatic rings. The monoisotopic (exact) mass is 276 g/mol. The number of carbonyl (C=O) groups excluding carboxylic acids is 1. The number of aromatic nitrogens is 1. The zero-order valence-corrected chi connectivity index (χ0v) is 10.6. The van der Waals surface area contributed by atoms with Crippen LogP contribution in [0, 0.1) is 0 Å². The van der Waals surface area contributed by atoms with Crippen LogP contribution >= 0.6 is 0 Å². The topological polar surface area (TPSA) is 118 Å². The quantitative estimate of drug-likeness (QED) is 0.769. The number of carbonyl (C=O) groups is 2. The highest BCUT2D eigenvalue weighted by Crippen LogP contribution is 2.06. The van der Waals surface area contributed by atoms with Crippen molar-refractivity contribution in [1.82, 2.24) is 10.1 Å². The van der Waals surface area contributed by atoms with E-state index in [1.165, 1.54) is 7.05 Å². The van der Waals surface area contributed by atoms with Crippen LogP contribution in [0.2, 0.25) is 0 Å². The lowest BCUT2D eigenvalue weighted by atomic mass is 10.3. The number of rotatable bonds is 5. The minimum atomic E-state index is -3.17. The van der Waals surface area contributed by atoms with Gasteiger partial charge in [0, 0.05) is 25.9 Å². The summed E-state index contributed by atoms with van der Waals surface area (Å²) < 4.78 is 26.3. The minimum absolute atomic E-state index is 0.00701. The Bertz CT molecular complexity index is 561. The fraction of sp³-hybridized carbons (Fsp3) is 0.444. The van der Waals surface area contributed by atoms with Crippen LogP contribution in [-0.2, 0) is 9.84 Å². The van der Waals surface area contributed by atoms with E-state index in [-0.39, 0.29) is 18.0 Å². The smallest absolute Gasteiger partial charge is 0.374 e. The van der Waals surface area contributed by atoms with Gasteiger partial charge in [0.1, 0.15) is 9.84 Å². The van der Waals surface area contributed by atoms with Gasteiger partial charge >= 0.3 is 5.97 Å². The SMILES string of the molecule is CN(CCS(C)(=O)=O)C(=O)c1cc(C(=O)O)on1. The first-order valence-electron chi connectivity index (χ1n) is 4.84. The number of hydrogen-bond acceptors (Lipinski definition) is 6. The van der Waals surface area contributed by atoms with E-state index in [1.807, 2.05) is 0 Å². The fourth-order valence-corrected chi connectivity index (χ4v) is 1.68. The molecule has 0 bridgehead atoms. The van der Waals surface area contributed by atoms with Crippen molar-refractivity contribution in [1.29, 1.82) is 0 Å². The zero-order valence-electron chi connectivity index (χ0n) is 9.78. The van der Waals surface area contributed by atoms with Gasteiger partial charge in [-0.1, -0.05) is 5.16 Å². The van der Waals surface area contributed by atoms with Crippen LogP contribution in [0.3, 0.4) is 0 Å². The van der Waals surface area contributed by atoms with Crippen LogP contribution in [0.5, 0.6) is 0 Å². The summed E-state index contributed by atoms with van der Waals surface area (Å²) in [6, 6.07) is 0.988. The molecule has 9 heteroatoms. The first kappa shape index (κ1) is 14.2. The molecule has 8 nitrogen and oxygen atoms in total. The van der Waals surface area contributed by atoms with E-state index in [1.54, 1.807) is 0 Å². The number of carboxylic acids is 1. The molecule has 0 unspecified atom stereocenters. The predicted molar refractivity (Wildman–Crippen MR) is 60.1 cm³/mol. The van der Waals surface area contributed by atoms with Crippen molar-refractivity contribution in [3.63, 3.8) is 0 Å². The van der Waals surface area contributed by atoms with E-state index < -0.39 is 27.5 Å². The maximum atomic E-state index is 11.7. The highest BCUT2D eigenvalue weighted by molar-refractivity contribution is 7.90. The van der Waals surface area contributed by atoms with E-state index in [9.17, 15) is 18.0 Å². The number of carboxylic acid groups (broad SMARTS) is 1. The van der Waals surface area contributed by atoms with Crippen LogP contribution in [-0.4, -0.2) is 61.1 Å². The van der Waals surface area contributed by atoms with E-state index in [4.69, 9.17) is 5.11 Å². The lowest BCUT2D eigenvalue weighted by Crippen LogP contribution is -2.31. The summed E-state index contributed by atoms with van der Waals surface area (Å²) in [7, 11) is -1.78. The van der Waals surface area contributed by atoms with E-state index >= 15 is 0 Å². The second kappa shape index (κ2) is 5.17. The van der Waals surface area contributed by atoms with Crippen molar-refractivity contribution in [3.05, 3.63) is 17.5 Å². The van der Waals surface area contributed by atoms with Gasteiger partial charge in [0.2, 0.25) is 5.76 Å². The molecule has 0 aliphatic rings. The fourth-order valence-electron chi connectivity index (χ4n) is 1.08. The molecule has 0 atom stereocenters. The largest absolute Gasteiger partial charge is 0.475 e. The predicted octanol–water partition coefficient (Wildman–Crippen LogP) is -0.511. The number of hydrogen-bond donors (Lipinski definition) is 1. The summed E-state index contributed by atoms with van der Waals surface area (Å²) in [6.07, 6.45) is 1.06. The average molecular weight is 276 g/mol. The number of aromatic carboxylic acids is 1. The minimum Gasteiger partial charge on any atom is -0.475 e. The molecule has 0 radical (unpaired) electrons. The Hall–Kier alpha value is -1.90. The second-order valence-corrected chi connectivity index (χ2v) is 6.00. The summed E-state index contributed by atoms with van der Waals surface area (Å²) in [5.74, 6) is -2.57. The van der Waals surface area contributed by atoms with Crippen LogP contribution < -0.4 is 0 Å². The first-order chi connectivity index (χ1) is 8.20. The van der Waals surface area contributed by atoms with Gasteiger partial charge in [-0.25, -0.2) is 13.2 Å². The molecule has 1 N–H and O–H groups in total. The van der Waals surface area contributed by atoms with E-state index in [0.29, 0.717) is 0 Å². The lowest BCUT2D eigenvalue weighted by molar-refractivity contribution is 0.0649. The summed E-state index contributed by atoms with van der Waals surface area (Å²) in [6.45, 7) is -0.00701. The Kier molecular flexibility index (Phi) is 4.07. The third-order valence-corrected chi connectivity index (χ3v) is 3.01. The maximum Gasteiger partial charge on any atom is 0.374 e. The normalized spacial score (nSPS) is 11.2. The van der Waals surface area contributed by atoms with Gasteiger partial charge in [0.15, 0.2) is 5.69 Å². The molecule has 18 heavy (non-hydrogen) atoms. The molecule has 0 saturated heterocycles. The van der Waals surface area contributed by atoms with Gasteiger partial charge in [-0.3, -0.25) is 4.79 Å². The van der Waals surface area contributed by atoms with Gasteiger partial charge in [-0.15, -0.1) is 0 Å². The molecule has 1 amide bonds. The molecule has 0 aromatic carbocycles. The molecular weight excluding hydrogens is 264 g/mol. The highest BCUT2D eigenvalue weighted by atomic mass is 32.2. The summed E-state index contributed by atoms with van der Waals surface area (Å²) in [4.78, 5) is 23.4. The Morgan fingerprint density at radius 3 is 2.56 bits per heavy atom. The molecule has 0 aliphatic carbocycles. The third kappa shape index (κ3) is 3.84. The second-order valence-electron chi connectivity index (χ2n) is 3.74. The average Bonchev–Trinajstić information content (AvgIpc) is 2.73. The maximum absolute atomic E-state index is 11.7. The molecule has 1 heterocycles. The molecule has 1 rings (SSSR count). The zero-order chi connectivity index (χ0) is 13.9. The summed E-state index contributed by atoms with van der Waals surface area (Å²) in [5, 5.41) is 11.9. The van der Waals surface area contributed by atoms with Gasteiger partial charge in [-0.05, 0) is 0 Å². The van der Waals surface area contributed by atoms with Gasteiger partial charge in [0.05, 0.1) is 5.75 Å². The molecule has 0 saturated carbocycles. The van der Waals surface area contributed by atoms with E-state index in [2.05, 4.69) is 9.68 Å². The standard InChI is InChI=1S/C9H12N2O6S/c1-11(3-4-18(2,15)16)8(12)6-5-7(9(13)14)17-10-6/h5H,3-4H2,1-2H3,(H,13,14). The Balaban J connectivity index is 2.71. The molecular formula is C9H12N2O6S. The molecule has 0 aliphatic heterocycles. The first-order valence-corrected chi connectivity index (χ1v) is 6.90. The van der Waals surface area contributed by atoms with Crippen molar-refractivity contribution in [3.8, 4) is 0 Å². The Labute approximate surface area is 103 Å². The Morgan fingerprint density at radius 2 is 2.11 bits per heavy atom. The number of nitrogens with zero attached hydrogens (tertiary/aromatic N) is 2. The molecule has 100 valence electrons.